The molecule has 1 saturated carbocycles. The monoisotopic (exact) mass is 234 g/mol. The van der Waals surface area contributed by atoms with Gasteiger partial charge in [0.1, 0.15) is 5.82 Å². The van der Waals surface area contributed by atoms with Crippen molar-refractivity contribution in [2.24, 2.45) is 0 Å². The second-order valence-electron chi connectivity index (χ2n) is 4.32. The Labute approximate surface area is 100 Å². The van der Waals surface area contributed by atoms with Crippen molar-refractivity contribution in [3.63, 3.8) is 0 Å². The van der Waals surface area contributed by atoms with Crippen LogP contribution < -0.4 is 5.32 Å². The number of ether oxygens (including phenoxy) is 1. The molecule has 17 heavy (non-hydrogen) atoms. The van der Waals surface area contributed by atoms with Gasteiger partial charge in [-0.05, 0) is 25.0 Å². The fraction of sp³-hybridized carbons (Fsp3) is 0.462. The number of halogens is 1. The van der Waals surface area contributed by atoms with Crippen LogP contribution in [0.25, 0.3) is 0 Å². The van der Waals surface area contributed by atoms with Crippen molar-refractivity contribution in [3.05, 3.63) is 35.1 Å². The van der Waals surface area contributed by atoms with Crippen LogP contribution in [-0.2, 0) is 11.3 Å². The summed E-state index contributed by atoms with van der Waals surface area (Å²) in [4.78, 5) is 0. The van der Waals surface area contributed by atoms with Crippen LogP contribution >= 0.6 is 0 Å². The number of nitrogens with one attached hydrogen (secondary N) is 1. The lowest BCUT2D eigenvalue weighted by molar-refractivity contribution is 0.0169. The number of hydrogen-bond donors (Lipinski definition) is 1. The predicted molar refractivity (Wildman–Crippen MR) is 61.8 cm³/mol. The van der Waals surface area contributed by atoms with Crippen molar-refractivity contribution < 1.29 is 9.13 Å². The minimum absolute atomic E-state index is 0.320. The predicted octanol–water partition coefficient (Wildman–Crippen LogP) is 1.96. The van der Waals surface area contributed by atoms with Gasteiger partial charge in [0.05, 0.1) is 17.7 Å². The summed E-state index contributed by atoms with van der Waals surface area (Å²) in [6, 6.07) is 6.90. The lowest BCUT2D eigenvalue weighted by Gasteiger charge is -2.34. The Hall–Kier alpha value is -1.44. The van der Waals surface area contributed by atoms with Gasteiger partial charge in [-0.15, -0.1) is 0 Å². The van der Waals surface area contributed by atoms with Crippen LogP contribution in [0.2, 0.25) is 0 Å². The second kappa shape index (κ2) is 5.26. The van der Waals surface area contributed by atoms with Crippen LogP contribution in [0.4, 0.5) is 4.39 Å². The molecule has 1 N–H and O–H groups in total. The van der Waals surface area contributed by atoms with Gasteiger partial charge < -0.3 is 10.1 Å². The number of hydrogen-bond acceptors (Lipinski definition) is 3. The van der Waals surface area contributed by atoms with Crippen molar-refractivity contribution in [3.8, 4) is 6.07 Å². The Balaban J connectivity index is 1.86. The molecule has 1 aromatic carbocycles. The van der Waals surface area contributed by atoms with E-state index >= 15 is 0 Å². The molecule has 0 bridgehead atoms. The molecule has 1 aliphatic rings. The molecule has 90 valence electrons. The Morgan fingerprint density at radius 3 is 2.88 bits per heavy atom. The first-order valence-corrected chi connectivity index (χ1v) is 5.67. The SMILES string of the molecule is COC1CC(NCc2ccc(C#N)cc2F)C1. The van der Waals surface area contributed by atoms with Gasteiger partial charge in [0, 0.05) is 25.3 Å². The third kappa shape index (κ3) is 2.82. The van der Waals surface area contributed by atoms with E-state index in [9.17, 15) is 4.39 Å². The van der Waals surface area contributed by atoms with E-state index in [0.29, 0.717) is 29.8 Å². The number of benzene rings is 1. The van der Waals surface area contributed by atoms with Gasteiger partial charge in [-0.25, -0.2) is 4.39 Å². The Kier molecular flexibility index (Phi) is 3.72. The Morgan fingerprint density at radius 2 is 2.29 bits per heavy atom. The van der Waals surface area contributed by atoms with Crippen LogP contribution in [0, 0.1) is 17.1 Å². The highest BCUT2D eigenvalue weighted by Crippen LogP contribution is 2.23. The molecule has 0 heterocycles. The lowest BCUT2D eigenvalue weighted by atomic mass is 9.89. The average Bonchev–Trinajstić information content (AvgIpc) is 2.29. The molecule has 1 fully saturated rings. The van der Waals surface area contributed by atoms with Crippen molar-refractivity contribution in [2.45, 2.75) is 31.5 Å². The van der Waals surface area contributed by atoms with E-state index in [1.54, 1.807) is 19.2 Å². The molecule has 2 rings (SSSR count). The van der Waals surface area contributed by atoms with E-state index in [-0.39, 0.29) is 5.82 Å². The number of nitriles is 1. The van der Waals surface area contributed by atoms with E-state index in [0.717, 1.165) is 12.8 Å². The summed E-state index contributed by atoms with van der Waals surface area (Å²) in [6.45, 7) is 0.499. The van der Waals surface area contributed by atoms with Gasteiger partial charge in [-0.1, -0.05) is 6.07 Å². The molecule has 3 nitrogen and oxygen atoms in total. The van der Waals surface area contributed by atoms with Gasteiger partial charge in [-0.2, -0.15) is 5.26 Å². The molecule has 0 atom stereocenters. The van der Waals surface area contributed by atoms with Crippen LogP contribution in [-0.4, -0.2) is 19.3 Å². The molecule has 4 heteroatoms. The second-order valence-corrected chi connectivity index (χ2v) is 4.32. The number of nitrogens with zero attached hydrogens (tertiary/aromatic N) is 1. The summed E-state index contributed by atoms with van der Waals surface area (Å²) < 4.78 is 18.7. The van der Waals surface area contributed by atoms with Crippen molar-refractivity contribution >= 4 is 0 Å². The standard InChI is InChI=1S/C13H15FN2O/c1-17-12-5-11(6-12)16-8-10-3-2-9(7-15)4-13(10)14/h2-4,11-12,16H,5-6,8H2,1H3. The van der Waals surface area contributed by atoms with Gasteiger partial charge in [0.2, 0.25) is 0 Å². The van der Waals surface area contributed by atoms with Gasteiger partial charge in [-0.3, -0.25) is 0 Å². The van der Waals surface area contributed by atoms with Crippen molar-refractivity contribution in [2.75, 3.05) is 7.11 Å². The van der Waals surface area contributed by atoms with Gasteiger partial charge in [0.25, 0.3) is 0 Å². The summed E-state index contributed by atoms with van der Waals surface area (Å²) in [6.07, 6.45) is 2.31. The van der Waals surface area contributed by atoms with Crippen molar-refractivity contribution in [1.82, 2.24) is 5.32 Å². The number of rotatable bonds is 4. The van der Waals surface area contributed by atoms with Gasteiger partial charge in [0.15, 0.2) is 0 Å². The molecule has 1 aliphatic carbocycles. The maximum atomic E-state index is 13.5. The van der Waals surface area contributed by atoms with E-state index in [1.165, 1.54) is 6.07 Å². The fourth-order valence-corrected chi connectivity index (χ4v) is 1.94. The van der Waals surface area contributed by atoms with Crippen LogP contribution in [0.1, 0.15) is 24.0 Å². The minimum Gasteiger partial charge on any atom is -0.381 e. The summed E-state index contributed by atoms with van der Waals surface area (Å²) in [5, 5.41) is 11.9. The maximum Gasteiger partial charge on any atom is 0.129 e. The fourth-order valence-electron chi connectivity index (χ4n) is 1.94. The highest BCUT2D eigenvalue weighted by molar-refractivity contribution is 5.32. The lowest BCUT2D eigenvalue weighted by Crippen LogP contribution is -2.44. The van der Waals surface area contributed by atoms with Crippen LogP contribution in [0.15, 0.2) is 18.2 Å². The first kappa shape index (κ1) is 12.0. The third-order valence-corrected chi connectivity index (χ3v) is 3.19. The average molecular weight is 234 g/mol. The molecule has 0 saturated heterocycles. The zero-order chi connectivity index (χ0) is 12.3. The minimum atomic E-state index is -0.320. The molecule has 1 aromatic rings. The molecule has 0 radical (unpaired) electrons. The molecule has 0 amide bonds. The molecular weight excluding hydrogens is 219 g/mol. The first-order chi connectivity index (χ1) is 8.22. The molecule has 0 unspecified atom stereocenters. The molecular formula is C13H15FN2O. The van der Waals surface area contributed by atoms with E-state index in [2.05, 4.69) is 5.32 Å². The van der Waals surface area contributed by atoms with Crippen LogP contribution in [0.5, 0.6) is 0 Å². The Morgan fingerprint density at radius 1 is 1.53 bits per heavy atom. The smallest absolute Gasteiger partial charge is 0.129 e. The van der Waals surface area contributed by atoms with E-state index in [4.69, 9.17) is 10.00 Å². The Bertz CT molecular complexity index is 436. The normalized spacial score (nSPS) is 22.9. The summed E-state index contributed by atoms with van der Waals surface area (Å²) in [5.41, 5.74) is 0.958. The van der Waals surface area contributed by atoms with E-state index < -0.39 is 0 Å². The third-order valence-electron chi connectivity index (χ3n) is 3.19. The first-order valence-electron chi connectivity index (χ1n) is 5.67. The highest BCUT2D eigenvalue weighted by Gasteiger charge is 2.28. The molecule has 0 aromatic heterocycles. The number of methoxy groups -OCH3 is 1. The zero-order valence-electron chi connectivity index (χ0n) is 9.74. The van der Waals surface area contributed by atoms with Crippen LogP contribution in [0.3, 0.4) is 0 Å². The maximum absolute atomic E-state index is 13.5. The summed E-state index contributed by atoms with van der Waals surface area (Å²) in [7, 11) is 1.71. The van der Waals surface area contributed by atoms with E-state index in [1.807, 2.05) is 6.07 Å². The largest absolute Gasteiger partial charge is 0.381 e. The topological polar surface area (TPSA) is 45.0 Å². The molecule has 0 spiro atoms. The molecule has 0 aliphatic heterocycles. The highest BCUT2D eigenvalue weighted by atomic mass is 19.1. The summed E-state index contributed by atoms with van der Waals surface area (Å²) in [5.74, 6) is -0.320. The summed E-state index contributed by atoms with van der Waals surface area (Å²) >= 11 is 0. The zero-order valence-corrected chi connectivity index (χ0v) is 9.74. The van der Waals surface area contributed by atoms with Crippen molar-refractivity contribution in [1.29, 1.82) is 5.26 Å². The van der Waals surface area contributed by atoms with Gasteiger partial charge >= 0.3 is 0 Å². The quantitative estimate of drug-likeness (QED) is 0.866.